The molecule has 1 aliphatic heterocycles. The molecule has 1 atom stereocenters. The molecule has 0 aliphatic carbocycles. The number of likely N-dealkylation sites (tertiary alicyclic amines) is 1. The van der Waals surface area contributed by atoms with Crippen molar-refractivity contribution in [3.05, 3.63) is 35.9 Å². The van der Waals surface area contributed by atoms with Crippen molar-refractivity contribution in [1.82, 2.24) is 4.90 Å². The van der Waals surface area contributed by atoms with Crippen molar-refractivity contribution in [3.63, 3.8) is 0 Å². The lowest BCUT2D eigenvalue weighted by Gasteiger charge is -2.35. The average molecular weight is 327 g/mol. The zero-order valence-electron chi connectivity index (χ0n) is 15.0. The Morgan fingerprint density at radius 1 is 1.25 bits per heavy atom. The van der Waals surface area contributed by atoms with E-state index in [1.54, 1.807) is 0 Å². The predicted octanol–water partition coefficient (Wildman–Crippen LogP) is 3.76. The molecule has 2 rings (SSSR count). The highest BCUT2D eigenvalue weighted by atomic mass is 16.5. The SMILES string of the molecule is [B]OC(=O)C(CCCC)C1CCN(CCCc2ccccc2)CC1. The second-order valence-corrected chi connectivity index (χ2v) is 6.95. The van der Waals surface area contributed by atoms with E-state index < -0.39 is 0 Å². The Hall–Kier alpha value is -1.29. The summed E-state index contributed by atoms with van der Waals surface area (Å²) in [5.74, 6) is 0.199. The van der Waals surface area contributed by atoms with E-state index >= 15 is 0 Å². The zero-order chi connectivity index (χ0) is 17.2. The first-order chi connectivity index (χ1) is 11.7. The lowest BCUT2D eigenvalue weighted by molar-refractivity contribution is -0.141. The second-order valence-electron chi connectivity index (χ2n) is 6.95. The quantitative estimate of drug-likeness (QED) is 0.647. The van der Waals surface area contributed by atoms with E-state index in [9.17, 15) is 4.79 Å². The smallest absolute Gasteiger partial charge is 0.378 e. The number of piperidine rings is 1. The molecular formula is C20H30BNO2. The van der Waals surface area contributed by atoms with Crippen LogP contribution in [0.2, 0.25) is 0 Å². The first kappa shape index (κ1) is 19.0. The third kappa shape index (κ3) is 5.97. The van der Waals surface area contributed by atoms with E-state index in [1.165, 1.54) is 12.0 Å². The first-order valence-electron chi connectivity index (χ1n) is 9.41. The number of carbonyl (C=O) groups is 1. The summed E-state index contributed by atoms with van der Waals surface area (Å²) in [5, 5.41) is 0. The van der Waals surface area contributed by atoms with Gasteiger partial charge in [-0.05, 0) is 63.2 Å². The van der Waals surface area contributed by atoms with E-state index in [0.29, 0.717) is 5.92 Å². The monoisotopic (exact) mass is 327 g/mol. The summed E-state index contributed by atoms with van der Waals surface area (Å²) in [4.78, 5) is 14.5. The van der Waals surface area contributed by atoms with Crippen LogP contribution in [0.15, 0.2) is 30.3 Å². The fourth-order valence-corrected chi connectivity index (χ4v) is 3.79. The molecule has 1 heterocycles. The summed E-state index contributed by atoms with van der Waals surface area (Å²) in [6.45, 7) is 5.46. The van der Waals surface area contributed by atoms with Gasteiger partial charge in [0, 0.05) is 0 Å². The highest BCUT2D eigenvalue weighted by molar-refractivity contribution is 6.05. The standard InChI is InChI=1S/C20H30BNO2/c1-2-3-11-19(20(23)24-21)18-12-15-22(16-13-18)14-7-10-17-8-5-4-6-9-17/h4-6,8-9,18-19H,2-3,7,10-16H2,1H3. The predicted molar refractivity (Wildman–Crippen MR) is 98.8 cm³/mol. The van der Waals surface area contributed by atoms with Gasteiger partial charge < -0.3 is 9.55 Å². The van der Waals surface area contributed by atoms with Gasteiger partial charge in [-0.2, -0.15) is 0 Å². The highest BCUT2D eigenvalue weighted by Gasteiger charge is 2.31. The molecule has 0 aromatic heterocycles. The Balaban J connectivity index is 1.72. The minimum atomic E-state index is -0.217. The van der Waals surface area contributed by atoms with Crippen LogP contribution < -0.4 is 0 Å². The average Bonchev–Trinajstić information content (AvgIpc) is 2.64. The van der Waals surface area contributed by atoms with Gasteiger partial charge in [-0.3, -0.25) is 4.79 Å². The van der Waals surface area contributed by atoms with Crippen LogP contribution in [0.3, 0.4) is 0 Å². The molecule has 1 fully saturated rings. The fourth-order valence-electron chi connectivity index (χ4n) is 3.79. The van der Waals surface area contributed by atoms with Gasteiger partial charge in [-0.1, -0.05) is 50.1 Å². The van der Waals surface area contributed by atoms with Crippen molar-refractivity contribution in [1.29, 1.82) is 0 Å². The maximum absolute atomic E-state index is 12.0. The summed E-state index contributed by atoms with van der Waals surface area (Å²) in [6.07, 6.45) is 7.57. The molecule has 2 radical (unpaired) electrons. The first-order valence-corrected chi connectivity index (χ1v) is 9.41. The van der Waals surface area contributed by atoms with Crippen LogP contribution in [0, 0.1) is 11.8 Å². The number of nitrogens with zero attached hydrogens (tertiary/aromatic N) is 1. The van der Waals surface area contributed by atoms with Gasteiger partial charge in [0.05, 0.1) is 5.92 Å². The van der Waals surface area contributed by atoms with E-state index in [-0.39, 0.29) is 11.9 Å². The molecule has 24 heavy (non-hydrogen) atoms. The van der Waals surface area contributed by atoms with E-state index in [4.69, 9.17) is 8.05 Å². The fraction of sp³-hybridized carbons (Fsp3) is 0.650. The van der Waals surface area contributed by atoms with E-state index in [1.807, 2.05) is 0 Å². The largest absolute Gasteiger partial charge is 0.543 e. The number of rotatable bonds is 9. The Kier molecular flexibility index (Phi) is 8.37. The van der Waals surface area contributed by atoms with Crippen LogP contribution in [0.1, 0.15) is 51.0 Å². The summed E-state index contributed by atoms with van der Waals surface area (Å²) >= 11 is 0. The van der Waals surface area contributed by atoms with Gasteiger partial charge in [-0.25, -0.2) is 0 Å². The zero-order valence-corrected chi connectivity index (χ0v) is 15.0. The molecule has 1 aliphatic rings. The minimum absolute atomic E-state index is 0.0126. The maximum Gasteiger partial charge on any atom is 0.378 e. The molecular weight excluding hydrogens is 297 g/mol. The van der Waals surface area contributed by atoms with Crippen molar-refractivity contribution in [3.8, 4) is 0 Å². The van der Waals surface area contributed by atoms with Crippen LogP contribution in [-0.4, -0.2) is 38.6 Å². The molecule has 1 unspecified atom stereocenters. The van der Waals surface area contributed by atoms with Gasteiger partial charge >= 0.3 is 8.05 Å². The Labute approximate surface area is 148 Å². The number of benzene rings is 1. The summed E-state index contributed by atoms with van der Waals surface area (Å²) in [5.41, 5.74) is 1.41. The molecule has 0 spiro atoms. The Morgan fingerprint density at radius 2 is 1.96 bits per heavy atom. The molecule has 4 heteroatoms. The van der Waals surface area contributed by atoms with E-state index in [2.05, 4.69) is 46.8 Å². The number of hydrogen-bond acceptors (Lipinski definition) is 3. The van der Waals surface area contributed by atoms with Gasteiger partial charge in [0.1, 0.15) is 0 Å². The Bertz CT molecular complexity index is 472. The van der Waals surface area contributed by atoms with Crippen LogP contribution in [0.25, 0.3) is 0 Å². The van der Waals surface area contributed by atoms with Gasteiger partial charge in [0.15, 0.2) is 0 Å². The van der Waals surface area contributed by atoms with Gasteiger partial charge in [0.2, 0.25) is 0 Å². The number of aryl methyl sites for hydroxylation is 1. The highest BCUT2D eigenvalue weighted by Crippen LogP contribution is 2.29. The number of hydrogen-bond donors (Lipinski definition) is 0. The molecule has 130 valence electrons. The maximum atomic E-state index is 12.0. The molecule has 0 N–H and O–H groups in total. The lowest BCUT2D eigenvalue weighted by atomic mass is 9.81. The van der Waals surface area contributed by atoms with Crippen LogP contribution in [-0.2, 0) is 15.9 Å². The molecule has 0 bridgehead atoms. The normalized spacial score (nSPS) is 17.5. The Morgan fingerprint density at radius 3 is 2.58 bits per heavy atom. The second kappa shape index (κ2) is 10.6. The minimum Gasteiger partial charge on any atom is -0.543 e. The molecule has 1 saturated heterocycles. The van der Waals surface area contributed by atoms with E-state index in [0.717, 1.165) is 58.2 Å². The van der Waals surface area contributed by atoms with Crippen LogP contribution in [0.4, 0.5) is 0 Å². The molecule has 0 amide bonds. The van der Waals surface area contributed by atoms with Crippen molar-refractivity contribution in [2.24, 2.45) is 11.8 Å². The topological polar surface area (TPSA) is 29.5 Å². The third-order valence-corrected chi connectivity index (χ3v) is 5.27. The summed E-state index contributed by atoms with van der Waals surface area (Å²) in [6, 6.07) is 10.7. The summed E-state index contributed by atoms with van der Waals surface area (Å²) in [7, 11) is 5.14. The molecule has 0 saturated carbocycles. The lowest BCUT2D eigenvalue weighted by Crippen LogP contribution is -2.39. The van der Waals surface area contributed by atoms with Crippen LogP contribution in [0.5, 0.6) is 0 Å². The van der Waals surface area contributed by atoms with Crippen molar-refractivity contribution < 1.29 is 9.45 Å². The van der Waals surface area contributed by atoms with Crippen molar-refractivity contribution in [2.75, 3.05) is 19.6 Å². The van der Waals surface area contributed by atoms with Crippen LogP contribution >= 0.6 is 0 Å². The van der Waals surface area contributed by atoms with Crippen molar-refractivity contribution >= 4 is 14.0 Å². The summed E-state index contributed by atoms with van der Waals surface area (Å²) < 4.78 is 4.55. The molecule has 1 aromatic rings. The van der Waals surface area contributed by atoms with Gasteiger partial charge in [0.25, 0.3) is 5.97 Å². The number of carbonyl (C=O) groups excluding carboxylic acids is 1. The van der Waals surface area contributed by atoms with Crippen molar-refractivity contribution in [2.45, 2.75) is 51.9 Å². The number of unbranched alkanes of at least 4 members (excludes halogenated alkanes) is 1. The molecule has 1 aromatic carbocycles. The molecule has 3 nitrogen and oxygen atoms in total. The van der Waals surface area contributed by atoms with Gasteiger partial charge in [-0.15, -0.1) is 0 Å². The third-order valence-electron chi connectivity index (χ3n) is 5.27.